The summed E-state index contributed by atoms with van der Waals surface area (Å²) in [5, 5.41) is 11.1. The van der Waals surface area contributed by atoms with E-state index in [1.807, 2.05) is 0 Å². The minimum Gasteiger partial charge on any atom is -0.388 e. The second kappa shape index (κ2) is 7.40. The molecular weight excluding hydrogens is 327 g/mol. The Kier molecular flexibility index (Phi) is 5.26. The van der Waals surface area contributed by atoms with Crippen LogP contribution in [0.3, 0.4) is 0 Å². The molecule has 1 unspecified atom stereocenters. The molecule has 0 fully saturated rings. The SMILES string of the molecule is CN(Cc1nc2c(s1)CCCC2)C(=O)CC(O)c1cccc(F)c1. The summed E-state index contributed by atoms with van der Waals surface area (Å²) < 4.78 is 13.2. The van der Waals surface area contributed by atoms with Crippen LogP contribution in [0.4, 0.5) is 4.39 Å². The normalized spacial score (nSPS) is 15.0. The van der Waals surface area contributed by atoms with Gasteiger partial charge in [0, 0.05) is 11.9 Å². The molecule has 1 aliphatic rings. The van der Waals surface area contributed by atoms with Crippen molar-refractivity contribution < 1.29 is 14.3 Å². The number of carbonyl (C=O) groups is 1. The average molecular weight is 348 g/mol. The fourth-order valence-corrected chi connectivity index (χ4v) is 4.13. The molecule has 1 aromatic heterocycles. The van der Waals surface area contributed by atoms with Gasteiger partial charge in [-0.05, 0) is 43.4 Å². The van der Waals surface area contributed by atoms with Gasteiger partial charge in [-0.25, -0.2) is 9.37 Å². The molecule has 0 aliphatic heterocycles. The van der Waals surface area contributed by atoms with Crippen molar-refractivity contribution in [1.82, 2.24) is 9.88 Å². The van der Waals surface area contributed by atoms with Crippen molar-refractivity contribution in [2.45, 2.75) is 44.8 Å². The number of thiazole rings is 1. The third kappa shape index (κ3) is 3.99. The van der Waals surface area contributed by atoms with Gasteiger partial charge < -0.3 is 10.0 Å². The molecule has 1 aliphatic carbocycles. The first kappa shape index (κ1) is 17.0. The van der Waals surface area contributed by atoms with Crippen LogP contribution in [-0.2, 0) is 24.2 Å². The molecule has 3 rings (SSSR count). The molecule has 0 saturated heterocycles. The number of fused-ring (bicyclic) bond motifs is 1. The van der Waals surface area contributed by atoms with Gasteiger partial charge in [-0.3, -0.25) is 4.79 Å². The number of hydrogen-bond donors (Lipinski definition) is 1. The lowest BCUT2D eigenvalue weighted by Gasteiger charge is -2.18. The van der Waals surface area contributed by atoms with E-state index < -0.39 is 11.9 Å². The topological polar surface area (TPSA) is 53.4 Å². The maximum atomic E-state index is 13.2. The smallest absolute Gasteiger partial charge is 0.225 e. The Bertz CT molecular complexity index is 708. The fourth-order valence-electron chi connectivity index (χ4n) is 2.92. The van der Waals surface area contributed by atoms with Gasteiger partial charge in [-0.15, -0.1) is 11.3 Å². The van der Waals surface area contributed by atoms with Crippen molar-refractivity contribution in [3.63, 3.8) is 0 Å². The fraction of sp³-hybridized carbons (Fsp3) is 0.444. The van der Waals surface area contributed by atoms with Crippen molar-refractivity contribution in [3.8, 4) is 0 Å². The number of halogens is 1. The molecule has 1 N–H and O–H groups in total. The summed E-state index contributed by atoms with van der Waals surface area (Å²) in [6, 6.07) is 5.72. The summed E-state index contributed by atoms with van der Waals surface area (Å²) in [6.07, 6.45) is 3.45. The highest BCUT2D eigenvalue weighted by Crippen LogP contribution is 2.27. The Hall–Kier alpha value is -1.79. The zero-order valence-corrected chi connectivity index (χ0v) is 14.5. The summed E-state index contributed by atoms with van der Waals surface area (Å²) in [5.41, 5.74) is 1.60. The molecule has 0 radical (unpaired) electrons. The molecule has 1 atom stereocenters. The maximum Gasteiger partial charge on any atom is 0.225 e. The monoisotopic (exact) mass is 348 g/mol. The number of benzene rings is 1. The molecule has 128 valence electrons. The second-order valence-electron chi connectivity index (χ2n) is 6.21. The van der Waals surface area contributed by atoms with Crippen LogP contribution in [0, 0.1) is 5.82 Å². The van der Waals surface area contributed by atoms with E-state index in [1.165, 1.54) is 41.6 Å². The minimum atomic E-state index is -1.000. The number of aliphatic hydroxyl groups excluding tert-OH is 1. The van der Waals surface area contributed by atoms with Gasteiger partial charge in [0.1, 0.15) is 10.8 Å². The Morgan fingerprint density at radius 2 is 2.21 bits per heavy atom. The lowest BCUT2D eigenvalue weighted by Crippen LogP contribution is -2.27. The molecular formula is C18H21FN2O2S. The molecule has 24 heavy (non-hydrogen) atoms. The van der Waals surface area contributed by atoms with Gasteiger partial charge in [0.15, 0.2) is 0 Å². The lowest BCUT2D eigenvalue weighted by molar-refractivity contribution is -0.132. The summed E-state index contributed by atoms with van der Waals surface area (Å²) in [6.45, 7) is 0.451. The first-order valence-electron chi connectivity index (χ1n) is 8.18. The standard InChI is InChI=1S/C18H21FN2O2S/c1-21(11-17-20-14-7-2-3-8-16(14)24-17)18(23)10-15(22)12-5-4-6-13(19)9-12/h4-6,9,15,22H,2-3,7-8,10-11H2,1H3. The predicted octanol–water partition coefficient (Wildman–Crippen LogP) is 3.24. The number of carbonyl (C=O) groups excluding carboxylic acids is 1. The van der Waals surface area contributed by atoms with Gasteiger partial charge in [-0.2, -0.15) is 0 Å². The third-order valence-electron chi connectivity index (χ3n) is 4.29. The minimum absolute atomic E-state index is 0.0644. The van der Waals surface area contributed by atoms with Crippen LogP contribution in [0.2, 0.25) is 0 Å². The molecule has 0 saturated carbocycles. The van der Waals surface area contributed by atoms with Crippen molar-refractivity contribution in [3.05, 3.63) is 51.2 Å². The third-order valence-corrected chi connectivity index (χ3v) is 5.43. The van der Waals surface area contributed by atoms with E-state index in [2.05, 4.69) is 4.98 Å². The number of hydrogen-bond acceptors (Lipinski definition) is 4. The zero-order valence-electron chi connectivity index (χ0n) is 13.7. The number of aromatic nitrogens is 1. The van der Waals surface area contributed by atoms with Crippen LogP contribution in [0.15, 0.2) is 24.3 Å². The van der Waals surface area contributed by atoms with Gasteiger partial charge in [-0.1, -0.05) is 12.1 Å². The number of aliphatic hydroxyl groups is 1. The predicted molar refractivity (Wildman–Crippen MR) is 91.2 cm³/mol. The highest BCUT2D eigenvalue weighted by atomic mass is 32.1. The summed E-state index contributed by atoms with van der Waals surface area (Å²) in [7, 11) is 1.71. The highest BCUT2D eigenvalue weighted by Gasteiger charge is 2.20. The van der Waals surface area contributed by atoms with E-state index in [9.17, 15) is 14.3 Å². The lowest BCUT2D eigenvalue weighted by atomic mass is 10.0. The molecule has 1 aromatic carbocycles. The van der Waals surface area contributed by atoms with E-state index in [4.69, 9.17) is 0 Å². The van der Waals surface area contributed by atoms with Crippen LogP contribution in [0.5, 0.6) is 0 Å². The van der Waals surface area contributed by atoms with Gasteiger partial charge in [0.2, 0.25) is 5.91 Å². The van der Waals surface area contributed by atoms with Crippen LogP contribution in [-0.4, -0.2) is 27.9 Å². The van der Waals surface area contributed by atoms with Crippen LogP contribution in [0.25, 0.3) is 0 Å². The highest BCUT2D eigenvalue weighted by molar-refractivity contribution is 7.11. The summed E-state index contributed by atoms with van der Waals surface area (Å²) >= 11 is 1.68. The van der Waals surface area contributed by atoms with Crippen molar-refractivity contribution in [2.75, 3.05) is 7.05 Å². The molecule has 1 amide bonds. The molecule has 6 heteroatoms. The summed E-state index contributed by atoms with van der Waals surface area (Å²) in [5.74, 6) is -0.597. The molecule has 2 aromatic rings. The number of amides is 1. The molecule has 4 nitrogen and oxygen atoms in total. The Morgan fingerprint density at radius 3 is 2.96 bits per heavy atom. The van der Waals surface area contributed by atoms with Crippen LogP contribution >= 0.6 is 11.3 Å². The summed E-state index contributed by atoms with van der Waals surface area (Å²) in [4.78, 5) is 19.9. The largest absolute Gasteiger partial charge is 0.388 e. The number of nitrogens with zero attached hydrogens (tertiary/aromatic N) is 2. The first-order chi connectivity index (χ1) is 11.5. The van der Waals surface area contributed by atoms with Gasteiger partial charge >= 0.3 is 0 Å². The van der Waals surface area contributed by atoms with E-state index in [-0.39, 0.29) is 12.3 Å². The van der Waals surface area contributed by atoms with E-state index in [0.29, 0.717) is 12.1 Å². The van der Waals surface area contributed by atoms with Crippen molar-refractivity contribution >= 4 is 17.2 Å². The van der Waals surface area contributed by atoms with E-state index in [0.717, 1.165) is 17.8 Å². The molecule has 0 bridgehead atoms. The Labute approximate surface area is 145 Å². The zero-order chi connectivity index (χ0) is 17.1. The average Bonchev–Trinajstić information content (AvgIpc) is 2.96. The van der Waals surface area contributed by atoms with Crippen LogP contribution < -0.4 is 0 Å². The van der Waals surface area contributed by atoms with Crippen molar-refractivity contribution in [2.24, 2.45) is 0 Å². The first-order valence-corrected chi connectivity index (χ1v) is 8.99. The van der Waals surface area contributed by atoms with Crippen molar-refractivity contribution in [1.29, 1.82) is 0 Å². The van der Waals surface area contributed by atoms with Crippen LogP contribution in [0.1, 0.15) is 46.5 Å². The second-order valence-corrected chi connectivity index (χ2v) is 7.38. The maximum absolute atomic E-state index is 13.2. The Morgan fingerprint density at radius 1 is 1.42 bits per heavy atom. The molecule has 0 spiro atoms. The van der Waals surface area contributed by atoms with E-state index in [1.54, 1.807) is 29.4 Å². The van der Waals surface area contributed by atoms with Gasteiger partial charge in [0.05, 0.1) is 24.8 Å². The number of rotatable bonds is 5. The quantitative estimate of drug-likeness (QED) is 0.902. The molecule has 1 heterocycles. The number of aryl methyl sites for hydroxylation is 2. The Balaban J connectivity index is 1.59. The van der Waals surface area contributed by atoms with E-state index >= 15 is 0 Å². The van der Waals surface area contributed by atoms with Gasteiger partial charge in [0.25, 0.3) is 0 Å².